The Morgan fingerprint density at radius 2 is 1.76 bits per heavy atom. The van der Waals surface area contributed by atoms with Gasteiger partial charge in [-0.25, -0.2) is 0 Å². The molecule has 0 radical (unpaired) electrons. The number of nitrogens with zero attached hydrogens (tertiary/aromatic N) is 1. The minimum absolute atomic E-state index is 0.0568. The number of aliphatic imine (C=N–C) groups is 1. The highest BCUT2D eigenvalue weighted by molar-refractivity contribution is 9.10. The van der Waals surface area contributed by atoms with Crippen molar-refractivity contribution in [3.8, 4) is 0 Å². The molecule has 4 rings (SSSR count). The maximum Gasteiger partial charge on any atom is 0.315 e. The van der Waals surface area contributed by atoms with Gasteiger partial charge < -0.3 is 9.47 Å². The molecule has 2 aliphatic rings. The standard InChI is InChI=1S/C27H28BrNO4/c1-3-32-13-14-33-27(31)24-17(2)29-22-15-20(18-7-5-4-6-8-18)16-23(30)26(22)25(24)19-9-11-21(28)12-10-19/h4-12,20,24-25H,3,13-16H2,1-2H3/t20-,24?,25+/m0/s1. The van der Waals surface area contributed by atoms with Gasteiger partial charge in [0.1, 0.15) is 12.5 Å². The van der Waals surface area contributed by atoms with Gasteiger partial charge in [-0.15, -0.1) is 0 Å². The van der Waals surface area contributed by atoms with Gasteiger partial charge in [0.15, 0.2) is 5.78 Å². The van der Waals surface area contributed by atoms with Gasteiger partial charge in [-0.3, -0.25) is 14.6 Å². The van der Waals surface area contributed by atoms with E-state index in [1.807, 2.05) is 56.3 Å². The number of carbonyl (C=O) groups excluding carboxylic acids is 2. The van der Waals surface area contributed by atoms with Gasteiger partial charge in [0, 0.05) is 40.4 Å². The SMILES string of the molecule is CCOCCOC(=O)C1C(C)=NC2=C(C(=O)C[C@@H](c3ccccc3)C2)[C@@H]1c1ccc(Br)cc1. The summed E-state index contributed by atoms with van der Waals surface area (Å²) < 4.78 is 11.8. The highest BCUT2D eigenvalue weighted by Crippen LogP contribution is 2.46. The van der Waals surface area contributed by atoms with Gasteiger partial charge in [-0.1, -0.05) is 58.4 Å². The van der Waals surface area contributed by atoms with E-state index in [1.54, 1.807) is 0 Å². The third kappa shape index (κ3) is 5.17. The van der Waals surface area contributed by atoms with Crippen LogP contribution in [0.5, 0.6) is 0 Å². The quantitative estimate of drug-likeness (QED) is 0.359. The van der Waals surface area contributed by atoms with E-state index in [1.165, 1.54) is 0 Å². The molecule has 0 bridgehead atoms. The molecule has 6 heteroatoms. The van der Waals surface area contributed by atoms with E-state index in [0.29, 0.717) is 37.3 Å². The Morgan fingerprint density at radius 1 is 1.03 bits per heavy atom. The number of rotatable bonds is 7. The smallest absolute Gasteiger partial charge is 0.315 e. The molecule has 0 spiro atoms. The number of halogens is 1. The monoisotopic (exact) mass is 509 g/mol. The molecule has 1 heterocycles. The predicted molar refractivity (Wildman–Crippen MR) is 131 cm³/mol. The van der Waals surface area contributed by atoms with Crippen molar-refractivity contribution in [2.45, 2.75) is 38.5 Å². The fourth-order valence-corrected chi connectivity index (χ4v) is 5.06. The van der Waals surface area contributed by atoms with E-state index in [2.05, 4.69) is 28.1 Å². The molecule has 172 valence electrons. The average Bonchev–Trinajstić information content (AvgIpc) is 2.82. The summed E-state index contributed by atoms with van der Waals surface area (Å²) >= 11 is 3.48. The molecular weight excluding hydrogens is 482 g/mol. The van der Waals surface area contributed by atoms with Crippen LogP contribution in [0, 0.1) is 5.92 Å². The van der Waals surface area contributed by atoms with E-state index in [9.17, 15) is 9.59 Å². The fourth-order valence-electron chi connectivity index (χ4n) is 4.79. The van der Waals surface area contributed by atoms with Crippen LogP contribution in [0.1, 0.15) is 49.7 Å². The lowest BCUT2D eigenvalue weighted by atomic mass is 9.69. The normalized spacial score (nSPS) is 22.6. The van der Waals surface area contributed by atoms with Crippen LogP contribution in [-0.4, -0.2) is 37.3 Å². The van der Waals surface area contributed by atoms with Crippen molar-refractivity contribution >= 4 is 33.4 Å². The minimum Gasteiger partial charge on any atom is -0.463 e. The molecule has 0 saturated heterocycles. The van der Waals surface area contributed by atoms with E-state index in [-0.39, 0.29) is 24.3 Å². The Labute approximate surface area is 203 Å². The molecule has 1 unspecified atom stereocenters. The van der Waals surface area contributed by atoms with E-state index < -0.39 is 11.8 Å². The van der Waals surface area contributed by atoms with E-state index in [4.69, 9.17) is 14.5 Å². The number of esters is 1. The van der Waals surface area contributed by atoms with Crippen LogP contribution < -0.4 is 0 Å². The lowest BCUT2D eigenvalue weighted by Crippen LogP contribution is -2.38. The van der Waals surface area contributed by atoms with Crippen molar-refractivity contribution in [2.75, 3.05) is 19.8 Å². The maximum atomic E-state index is 13.5. The zero-order valence-corrected chi connectivity index (χ0v) is 20.5. The summed E-state index contributed by atoms with van der Waals surface area (Å²) in [5.74, 6) is -1.26. The number of allylic oxidation sites excluding steroid dienone is 2. The number of benzene rings is 2. The van der Waals surface area contributed by atoms with Crippen molar-refractivity contribution in [1.82, 2.24) is 0 Å². The summed E-state index contributed by atoms with van der Waals surface area (Å²) in [6.07, 6.45) is 1.10. The number of hydrogen-bond acceptors (Lipinski definition) is 5. The molecule has 5 nitrogen and oxygen atoms in total. The number of Topliss-reactive ketones (excluding diaryl/α,β-unsaturated/α-hetero) is 1. The molecule has 0 aromatic heterocycles. The van der Waals surface area contributed by atoms with Crippen LogP contribution in [0.2, 0.25) is 0 Å². The third-order valence-electron chi connectivity index (χ3n) is 6.32. The van der Waals surface area contributed by atoms with E-state index in [0.717, 1.165) is 21.3 Å². The summed E-state index contributed by atoms with van der Waals surface area (Å²) in [7, 11) is 0. The van der Waals surface area contributed by atoms with Gasteiger partial charge in [-0.2, -0.15) is 0 Å². The second-order valence-corrected chi connectivity index (χ2v) is 9.34. The zero-order valence-electron chi connectivity index (χ0n) is 18.9. The zero-order chi connectivity index (χ0) is 23.4. The van der Waals surface area contributed by atoms with Crippen LogP contribution in [0.15, 0.2) is 75.3 Å². The Balaban J connectivity index is 1.70. The Bertz CT molecular complexity index is 1080. The lowest BCUT2D eigenvalue weighted by Gasteiger charge is -2.36. The van der Waals surface area contributed by atoms with Crippen molar-refractivity contribution < 1.29 is 19.1 Å². The fraction of sp³-hybridized carbons (Fsp3) is 0.370. The largest absolute Gasteiger partial charge is 0.463 e. The van der Waals surface area contributed by atoms with Crippen LogP contribution in [0.3, 0.4) is 0 Å². The molecule has 0 N–H and O–H groups in total. The van der Waals surface area contributed by atoms with Crippen LogP contribution in [-0.2, 0) is 19.1 Å². The number of hydrogen-bond donors (Lipinski definition) is 0. The Hall–Kier alpha value is -2.57. The topological polar surface area (TPSA) is 65.0 Å². The first kappa shape index (κ1) is 23.6. The van der Waals surface area contributed by atoms with Crippen molar-refractivity contribution in [1.29, 1.82) is 0 Å². The molecule has 1 aliphatic carbocycles. The summed E-state index contributed by atoms with van der Waals surface area (Å²) in [6, 6.07) is 17.9. The average molecular weight is 510 g/mol. The molecule has 0 amide bonds. The van der Waals surface area contributed by atoms with Crippen molar-refractivity contribution in [2.24, 2.45) is 10.9 Å². The third-order valence-corrected chi connectivity index (χ3v) is 6.85. The van der Waals surface area contributed by atoms with Gasteiger partial charge in [0.25, 0.3) is 0 Å². The summed E-state index contributed by atoms with van der Waals surface area (Å²) in [6.45, 7) is 4.85. The first-order valence-electron chi connectivity index (χ1n) is 11.4. The highest BCUT2D eigenvalue weighted by atomic mass is 79.9. The maximum absolute atomic E-state index is 13.5. The molecule has 0 saturated carbocycles. The van der Waals surface area contributed by atoms with E-state index >= 15 is 0 Å². The van der Waals surface area contributed by atoms with Gasteiger partial charge >= 0.3 is 5.97 Å². The first-order chi connectivity index (χ1) is 16.0. The first-order valence-corrected chi connectivity index (χ1v) is 12.1. The van der Waals surface area contributed by atoms with Crippen LogP contribution >= 0.6 is 15.9 Å². The summed E-state index contributed by atoms with van der Waals surface area (Å²) in [5.41, 5.74) is 4.19. The Kier molecular flexibility index (Phi) is 7.56. The van der Waals surface area contributed by atoms with Crippen molar-refractivity contribution in [3.63, 3.8) is 0 Å². The molecule has 2 aromatic rings. The molecule has 0 fully saturated rings. The van der Waals surface area contributed by atoms with Crippen LogP contribution in [0.4, 0.5) is 0 Å². The Morgan fingerprint density at radius 3 is 2.45 bits per heavy atom. The number of ketones is 1. The van der Waals surface area contributed by atoms with Gasteiger partial charge in [-0.05, 0) is 49.4 Å². The summed E-state index contributed by atoms with van der Waals surface area (Å²) in [4.78, 5) is 31.5. The highest BCUT2D eigenvalue weighted by Gasteiger charge is 2.44. The second-order valence-electron chi connectivity index (χ2n) is 8.42. The second kappa shape index (κ2) is 10.6. The van der Waals surface area contributed by atoms with Crippen LogP contribution in [0.25, 0.3) is 0 Å². The molecule has 3 atom stereocenters. The van der Waals surface area contributed by atoms with Crippen molar-refractivity contribution in [3.05, 3.63) is 81.5 Å². The number of ether oxygens (including phenoxy) is 2. The molecule has 33 heavy (non-hydrogen) atoms. The van der Waals surface area contributed by atoms with Gasteiger partial charge in [0.05, 0.1) is 6.61 Å². The minimum atomic E-state index is -0.635. The molecule has 2 aromatic carbocycles. The molecular formula is C27H28BrNO4. The van der Waals surface area contributed by atoms with Gasteiger partial charge in [0.2, 0.25) is 0 Å². The lowest BCUT2D eigenvalue weighted by molar-refractivity contribution is -0.148. The molecule has 1 aliphatic heterocycles. The predicted octanol–water partition coefficient (Wildman–Crippen LogP) is 5.60. The number of carbonyl (C=O) groups is 2. The summed E-state index contributed by atoms with van der Waals surface area (Å²) in [5, 5.41) is 0.